The number of rotatable bonds is 4. The molecule has 104 valence electrons. The van der Waals surface area contributed by atoms with Gasteiger partial charge in [-0.25, -0.2) is 4.39 Å². The zero-order valence-electron chi connectivity index (χ0n) is 11.4. The molecule has 19 heavy (non-hydrogen) atoms. The molecule has 0 bridgehead atoms. The Labute approximate surface area is 113 Å². The molecule has 5 heteroatoms. The Kier molecular flexibility index (Phi) is 4.47. The molecule has 1 N–H and O–H groups in total. The van der Waals surface area contributed by atoms with Gasteiger partial charge in [0.25, 0.3) is 5.91 Å². The van der Waals surface area contributed by atoms with Gasteiger partial charge in [0, 0.05) is 24.8 Å². The van der Waals surface area contributed by atoms with E-state index in [1.54, 1.807) is 4.90 Å². The number of pyridine rings is 1. The lowest BCUT2D eigenvalue weighted by Crippen LogP contribution is -2.45. The highest BCUT2D eigenvalue weighted by Gasteiger charge is 2.25. The predicted molar refractivity (Wildman–Crippen MR) is 71.4 cm³/mol. The Morgan fingerprint density at radius 1 is 1.63 bits per heavy atom. The molecule has 1 fully saturated rings. The second-order valence-electron chi connectivity index (χ2n) is 5.20. The maximum atomic E-state index is 13.7. The Balaban J connectivity index is 2.14. The molecule has 2 rings (SSSR count). The molecule has 1 saturated heterocycles. The number of halogens is 1. The Bertz CT molecular complexity index is 444. The molecule has 0 spiro atoms. The van der Waals surface area contributed by atoms with E-state index in [0.717, 1.165) is 25.6 Å². The molecule has 1 aromatic rings. The topological polar surface area (TPSA) is 45.2 Å². The van der Waals surface area contributed by atoms with E-state index >= 15 is 0 Å². The van der Waals surface area contributed by atoms with Gasteiger partial charge in [0.15, 0.2) is 5.82 Å². The van der Waals surface area contributed by atoms with Crippen LogP contribution in [-0.4, -0.2) is 41.0 Å². The van der Waals surface area contributed by atoms with Crippen LogP contribution in [0.1, 0.15) is 37.0 Å². The van der Waals surface area contributed by atoms with Crippen LogP contribution in [0.4, 0.5) is 4.39 Å². The van der Waals surface area contributed by atoms with E-state index in [9.17, 15) is 9.18 Å². The van der Waals surface area contributed by atoms with Crippen molar-refractivity contribution < 1.29 is 9.18 Å². The van der Waals surface area contributed by atoms with Crippen molar-refractivity contribution in [2.45, 2.75) is 38.8 Å². The quantitative estimate of drug-likeness (QED) is 0.903. The summed E-state index contributed by atoms with van der Waals surface area (Å²) < 4.78 is 13.7. The highest BCUT2D eigenvalue weighted by molar-refractivity contribution is 5.94. The van der Waals surface area contributed by atoms with Gasteiger partial charge >= 0.3 is 0 Å². The molecule has 2 heterocycles. The molecule has 0 saturated carbocycles. The smallest absolute Gasteiger partial charge is 0.257 e. The van der Waals surface area contributed by atoms with Gasteiger partial charge in [-0.1, -0.05) is 0 Å². The van der Waals surface area contributed by atoms with E-state index < -0.39 is 5.82 Å². The van der Waals surface area contributed by atoms with Gasteiger partial charge in [0.05, 0.1) is 11.8 Å². The van der Waals surface area contributed by atoms with Crippen molar-refractivity contribution >= 4 is 5.91 Å². The molecule has 4 nitrogen and oxygen atoms in total. The summed E-state index contributed by atoms with van der Waals surface area (Å²) in [7, 11) is 0. The molecular formula is C14H20FN3O. The Hall–Kier alpha value is -1.49. The fourth-order valence-electron chi connectivity index (χ4n) is 2.38. The third-order valence-electron chi connectivity index (χ3n) is 3.47. The zero-order valence-corrected chi connectivity index (χ0v) is 11.4. The second-order valence-corrected chi connectivity index (χ2v) is 5.20. The lowest BCUT2D eigenvalue weighted by molar-refractivity contribution is 0.0684. The third kappa shape index (κ3) is 3.29. The first kappa shape index (κ1) is 13.9. The lowest BCUT2D eigenvalue weighted by Gasteiger charge is -2.29. The van der Waals surface area contributed by atoms with E-state index in [4.69, 9.17) is 0 Å². The van der Waals surface area contributed by atoms with Crippen molar-refractivity contribution in [2.75, 3.05) is 13.1 Å². The summed E-state index contributed by atoms with van der Waals surface area (Å²) in [5.74, 6) is -0.818. The number of amides is 1. The predicted octanol–water partition coefficient (Wildman–Crippen LogP) is 1.82. The monoisotopic (exact) mass is 265 g/mol. The van der Waals surface area contributed by atoms with Crippen LogP contribution in [0.5, 0.6) is 0 Å². The first-order valence-corrected chi connectivity index (χ1v) is 6.73. The highest BCUT2D eigenvalue weighted by atomic mass is 19.1. The first-order valence-electron chi connectivity index (χ1n) is 6.73. The maximum absolute atomic E-state index is 13.7. The number of carbonyl (C=O) groups excluding carboxylic acids is 1. The van der Waals surface area contributed by atoms with Crippen LogP contribution in [0.15, 0.2) is 18.5 Å². The number of nitrogens with one attached hydrogen (secondary N) is 1. The minimum Gasteiger partial charge on any atom is -0.335 e. The number of hydrogen-bond acceptors (Lipinski definition) is 3. The van der Waals surface area contributed by atoms with Crippen molar-refractivity contribution in [3.63, 3.8) is 0 Å². The van der Waals surface area contributed by atoms with E-state index in [1.807, 2.05) is 13.8 Å². The van der Waals surface area contributed by atoms with E-state index in [2.05, 4.69) is 10.3 Å². The standard InChI is InChI=1S/C14H20FN3O/c1-10(2)18(9-11-4-3-6-17-11)14(19)12-5-7-16-8-13(12)15/h5,7-8,10-11,17H,3-4,6,9H2,1-2H3. The Morgan fingerprint density at radius 3 is 3.00 bits per heavy atom. The average Bonchev–Trinajstić information content (AvgIpc) is 2.88. The summed E-state index contributed by atoms with van der Waals surface area (Å²) in [6, 6.07) is 1.80. The number of aromatic nitrogens is 1. The van der Waals surface area contributed by atoms with Crippen LogP contribution >= 0.6 is 0 Å². The van der Waals surface area contributed by atoms with Gasteiger partial charge in [0.2, 0.25) is 0 Å². The largest absolute Gasteiger partial charge is 0.335 e. The number of nitrogens with zero attached hydrogens (tertiary/aromatic N) is 2. The van der Waals surface area contributed by atoms with Crippen LogP contribution in [-0.2, 0) is 0 Å². The van der Waals surface area contributed by atoms with Gasteiger partial charge in [-0.15, -0.1) is 0 Å². The normalized spacial score (nSPS) is 18.8. The molecular weight excluding hydrogens is 245 g/mol. The van der Waals surface area contributed by atoms with Gasteiger partial charge in [-0.05, 0) is 39.3 Å². The van der Waals surface area contributed by atoms with Crippen molar-refractivity contribution in [1.29, 1.82) is 0 Å². The molecule has 1 unspecified atom stereocenters. The van der Waals surface area contributed by atoms with E-state index in [1.165, 1.54) is 12.3 Å². The molecule has 1 amide bonds. The summed E-state index contributed by atoms with van der Waals surface area (Å²) in [6.45, 7) is 5.52. The summed E-state index contributed by atoms with van der Waals surface area (Å²) in [5.41, 5.74) is 0.0988. The molecule has 0 aliphatic carbocycles. The fourth-order valence-corrected chi connectivity index (χ4v) is 2.38. The van der Waals surface area contributed by atoms with Gasteiger partial charge in [0.1, 0.15) is 0 Å². The minimum absolute atomic E-state index is 0.0439. The molecule has 1 aliphatic heterocycles. The number of hydrogen-bond donors (Lipinski definition) is 1. The molecule has 1 atom stereocenters. The SMILES string of the molecule is CC(C)N(CC1CCCN1)C(=O)c1ccncc1F. The summed E-state index contributed by atoms with van der Waals surface area (Å²) in [6.07, 6.45) is 4.73. The van der Waals surface area contributed by atoms with Gasteiger partial charge in [-0.2, -0.15) is 0 Å². The van der Waals surface area contributed by atoms with E-state index in [-0.39, 0.29) is 17.5 Å². The summed E-state index contributed by atoms with van der Waals surface area (Å²) in [5, 5.41) is 3.36. The van der Waals surface area contributed by atoms with Crippen molar-refractivity contribution in [1.82, 2.24) is 15.2 Å². The Morgan fingerprint density at radius 2 is 2.42 bits per heavy atom. The van der Waals surface area contributed by atoms with Crippen LogP contribution < -0.4 is 5.32 Å². The number of carbonyl (C=O) groups is 1. The lowest BCUT2D eigenvalue weighted by atomic mass is 10.1. The van der Waals surface area contributed by atoms with Crippen molar-refractivity contribution in [2.24, 2.45) is 0 Å². The van der Waals surface area contributed by atoms with Gasteiger partial charge in [-0.3, -0.25) is 9.78 Å². The average molecular weight is 265 g/mol. The van der Waals surface area contributed by atoms with Crippen molar-refractivity contribution in [3.05, 3.63) is 29.8 Å². The van der Waals surface area contributed by atoms with E-state index in [0.29, 0.717) is 12.6 Å². The zero-order chi connectivity index (χ0) is 13.8. The fraction of sp³-hybridized carbons (Fsp3) is 0.571. The minimum atomic E-state index is -0.558. The molecule has 1 aromatic heterocycles. The molecule has 1 aliphatic rings. The maximum Gasteiger partial charge on any atom is 0.257 e. The highest BCUT2D eigenvalue weighted by Crippen LogP contribution is 2.14. The third-order valence-corrected chi connectivity index (χ3v) is 3.47. The van der Waals surface area contributed by atoms with Crippen LogP contribution in [0.25, 0.3) is 0 Å². The van der Waals surface area contributed by atoms with Crippen LogP contribution in [0.2, 0.25) is 0 Å². The second kappa shape index (κ2) is 6.10. The summed E-state index contributed by atoms with van der Waals surface area (Å²) in [4.78, 5) is 17.8. The van der Waals surface area contributed by atoms with Crippen LogP contribution in [0, 0.1) is 5.82 Å². The molecule has 0 radical (unpaired) electrons. The van der Waals surface area contributed by atoms with Gasteiger partial charge < -0.3 is 10.2 Å². The van der Waals surface area contributed by atoms with Crippen molar-refractivity contribution in [3.8, 4) is 0 Å². The first-order chi connectivity index (χ1) is 9.09. The molecule has 0 aromatic carbocycles. The summed E-state index contributed by atoms with van der Waals surface area (Å²) >= 11 is 0. The van der Waals surface area contributed by atoms with Crippen LogP contribution in [0.3, 0.4) is 0 Å².